The molecule has 1 aliphatic heterocycles. The van der Waals surface area contributed by atoms with E-state index in [4.69, 9.17) is 10.5 Å². The van der Waals surface area contributed by atoms with Crippen LogP contribution >= 0.6 is 0 Å². The van der Waals surface area contributed by atoms with Crippen molar-refractivity contribution in [3.8, 4) is 5.75 Å². The van der Waals surface area contributed by atoms with Gasteiger partial charge in [0.2, 0.25) is 0 Å². The molecular weight excluding hydrogens is 264 g/mol. The van der Waals surface area contributed by atoms with Gasteiger partial charge in [-0.15, -0.1) is 0 Å². The Morgan fingerprint density at radius 1 is 1.29 bits per heavy atom. The maximum Gasteiger partial charge on any atom is 0.268 e. The van der Waals surface area contributed by atoms with Crippen molar-refractivity contribution in [2.45, 2.75) is 59.7 Å². The van der Waals surface area contributed by atoms with Crippen LogP contribution in [0.15, 0.2) is 18.2 Å². The van der Waals surface area contributed by atoms with E-state index in [9.17, 15) is 4.79 Å². The van der Waals surface area contributed by atoms with Crippen LogP contribution in [0.3, 0.4) is 0 Å². The molecule has 116 valence electrons. The molecule has 1 aromatic carbocycles. The number of carbonyl (C=O) groups is 1. The van der Waals surface area contributed by atoms with Crippen molar-refractivity contribution in [1.82, 2.24) is 0 Å². The summed E-state index contributed by atoms with van der Waals surface area (Å²) >= 11 is 0. The fourth-order valence-electron chi connectivity index (χ4n) is 2.60. The normalized spacial score (nSPS) is 20.3. The van der Waals surface area contributed by atoms with Crippen molar-refractivity contribution in [1.29, 1.82) is 0 Å². The summed E-state index contributed by atoms with van der Waals surface area (Å²) in [5.41, 5.74) is 8.16. The third kappa shape index (κ3) is 2.91. The molecule has 1 aliphatic rings. The van der Waals surface area contributed by atoms with Crippen molar-refractivity contribution in [3.05, 3.63) is 23.8 Å². The second kappa shape index (κ2) is 5.34. The zero-order chi connectivity index (χ0) is 15.9. The molecule has 4 heteroatoms. The number of nitrogens with zero attached hydrogens (tertiary/aromatic N) is 1. The molecule has 0 radical (unpaired) electrons. The highest BCUT2D eigenvalue weighted by Crippen LogP contribution is 2.39. The van der Waals surface area contributed by atoms with Crippen molar-refractivity contribution < 1.29 is 9.53 Å². The lowest BCUT2D eigenvalue weighted by Crippen LogP contribution is -2.48. The number of anilines is 1. The number of amides is 1. The third-order valence-corrected chi connectivity index (χ3v) is 3.94. The van der Waals surface area contributed by atoms with Gasteiger partial charge in [-0.2, -0.15) is 0 Å². The maximum atomic E-state index is 12.4. The molecule has 0 saturated heterocycles. The van der Waals surface area contributed by atoms with E-state index in [-0.39, 0.29) is 23.4 Å². The van der Waals surface area contributed by atoms with E-state index in [0.29, 0.717) is 0 Å². The fourth-order valence-corrected chi connectivity index (χ4v) is 2.60. The number of hydrogen-bond donors (Lipinski definition) is 1. The SMILES string of the molecule is CC1Oc2ccc(C(N)C(C)(C)C)cc2N(C(C)C)C1=O. The molecule has 0 saturated carbocycles. The first-order valence-electron chi connectivity index (χ1n) is 7.52. The van der Waals surface area contributed by atoms with E-state index < -0.39 is 6.10 Å². The molecule has 2 atom stereocenters. The summed E-state index contributed by atoms with van der Waals surface area (Å²) in [5, 5.41) is 0. The van der Waals surface area contributed by atoms with Gasteiger partial charge in [-0.05, 0) is 43.9 Å². The van der Waals surface area contributed by atoms with Crippen molar-refractivity contribution in [3.63, 3.8) is 0 Å². The van der Waals surface area contributed by atoms with Crippen LogP contribution in [0.25, 0.3) is 0 Å². The minimum Gasteiger partial charge on any atom is -0.479 e. The van der Waals surface area contributed by atoms with Crippen LogP contribution in [-0.2, 0) is 4.79 Å². The predicted molar refractivity (Wildman–Crippen MR) is 85.5 cm³/mol. The Morgan fingerprint density at radius 3 is 2.43 bits per heavy atom. The van der Waals surface area contributed by atoms with Crippen LogP contribution in [0, 0.1) is 5.41 Å². The molecule has 0 bridgehead atoms. The summed E-state index contributed by atoms with van der Waals surface area (Å²) < 4.78 is 5.71. The van der Waals surface area contributed by atoms with Crippen molar-refractivity contribution in [2.75, 3.05) is 4.90 Å². The monoisotopic (exact) mass is 290 g/mol. The Balaban J connectivity index is 2.49. The maximum absolute atomic E-state index is 12.4. The Bertz CT molecular complexity index is 546. The van der Waals surface area contributed by atoms with E-state index >= 15 is 0 Å². The highest BCUT2D eigenvalue weighted by molar-refractivity contribution is 6.00. The van der Waals surface area contributed by atoms with Gasteiger partial charge in [0.25, 0.3) is 5.91 Å². The summed E-state index contributed by atoms with van der Waals surface area (Å²) in [4.78, 5) is 14.2. The molecule has 0 fully saturated rings. The predicted octanol–water partition coefficient (Wildman–Crippen LogP) is 3.25. The molecule has 2 N–H and O–H groups in total. The number of ether oxygens (including phenoxy) is 1. The van der Waals surface area contributed by atoms with E-state index in [1.165, 1.54) is 0 Å². The minimum absolute atomic E-state index is 0.000944. The first-order chi connectivity index (χ1) is 9.62. The van der Waals surface area contributed by atoms with Gasteiger partial charge in [-0.3, -0.25) is 4.79 Å². The molecule has 0 aromatic heterocycles. The average Bonchev–Trinajstić information content (AvgIpc) is 2.37. The molecular formula is C17H26N2O2. The van der Waals surface area contributed by atoms with Crippen LogP contribution in [-0.4, -0.2) is 18.1 Å². The Morgan fingerprint density at radius 2 is 1.90 bits per heavy atom. The number of hydrogen-bond acceptors (Lipinski definition) is 3. The summed E-state index contributed by atoms with van der Waals surface area (Å²) in [6.45, 7) is 12.1. The lowest BCUT2D eigenvalue weighted by Gasteiger charge is -2.37. The van der Waals surface area contributed by atoms with Gasteiger partial charge in [0.1, 0.15) is 5.75 Å². The van der Waals surface area contributed by atoms with Gasteiger partial charge in [0, 0.05) is 12.1 Å². The second-order valence-corrected chi connectivity index (χ2v) is 7.13. The number of rotatable bonds is 2. The third-order valence-electron chi connectivity index (χ3n) is 3.94. The van der Waals surface area contributed by atoms with E-state index in [0.717, 1.165) is 17.0 Å². The molecule has 1 amide bonds. The Labute approximate surface area is 127 Å². The van der Waals surface area contributed by atoms with Gasteiger partial charge < -0.3 is 15.4 Å². The summed E-state index contributed by atoms with van der Waals surface area (Å²) in [5.74, 6) is 0.750. The molecule has 0 spiro atoms. The second-order valence-electron chi connectivity index (χ2n) is 7.13. The van der Waals surface area contributed by atoms with Gasteiger partial charge in [0.15, 0.2) is 6.10 Å². The van der Waals surface area contributed by atoms with Gasteiger partial charge in [-0.25, -0.2) is 0 Å². The van der Waals surface area contributed by atoms with Gasteiger partial charge >= 0.3 is 0 Å². The zero-order valence-electron chi connectivity index (χ0n) is 13.8. The van der Waals surface area contributed by atoms with Crippen LogP contribution in [0.1, 0.15) is 53.1 Å². The van der Waals surface area contributed by atoms with Crippen LogP contribution in [0.4, 0.5) is 5.69 Å². The fraction of sp³-hybridized carbons (Fsp3) is 0.588. The quantitative estimate of drug-likeness (QED) is 0.909. The van der Waals surface area contributed by atoms with E-state index in [1.807, 2.05) is 36.9 Å². The Kier molecular flexibility index (Phi) is 4.02. The summed E-state index contributed by atoms with van der Waals surface area (Å²) in [6, 6.07) is 5.91. The lowest BCUT2D eigenvalue weighted by molar-refractivity contribution is -0.125. The highest BCUT2D eigenvalue weighted by atomic mass is 16.5. The van der Waals surface area contributed by atoms with Crippen LogP contribution < -0.4 is 15.4 Å². The highest BCUT2D eigenvalue weighted by Gasteiger charge is 2.34. The van der Waals surface area contributed by atoms with Crippen LogP contribution in [0.2, 0.25) is 0 Å². The molecule has 4 nitrogen and oxygen atoms in total. The number of fused-ring (bicyclic) bond motifs is 1. The summed E-state index contributed by atoms with van der Waals surface area (Å²) in [7, 11) is 0. The molecule has 1 aromatic rings. The molecule has 2 rings (SSSR count). The topological polar surface area (TPSA) is 55.6 Å². The van der Waals surface area contributed by atoms with E-state index in [2.05, 4.69) is 20.8 Å². The molecule has 21 heavy (non-hydrogen) atoms. The Hall–Kier alpha value is -1.55. The molecule has 0 aliphatic carbocycles. The first-order valence-corrected chi connectivity index (χ1v) is 7.52. The minimum atomic E-state index is -0.443. The van der Waals surface area contributed by atoms with Gasteiger partial charge in [0.05, 0.1) is 5.69 Å². The summed E-state index contributed by atoms with van der Waals surface area (Å²) in [6.07, 6.45) is -0.443. The molecule has 2 unspecified atom stereocenters. The van der Waals surface area contributed by atoms with E-state index in [1.54, 1.807) is 6.92 Å². The lowest BCUT2D eigenvalue weighted by atomic mass is 9.83. The number of benzene rings is 1. The number of nitrogens with two attached hydrogens (primary N) is 1. The first kappa shape index (κ1) is 15.8. The molecule has 1 heterocycles. The average molecular weight is 290 g/mol. The standard InChI is InChI=1S/C17H26N2O2/c1-10(2)19-13-9-12(15(18)17(4,5)6)7-8-14(13)21-11(3)16(19)20/h7-11,15H,18H2,1-6H3. The largest absolute Gasteiger partial charge is 0.479 e. The van der Waals surface area contributed by atoms with Crippen molar-refractivity contribution in [2.24, 2.45) is 11.1 Å². The van der Waals surface area contributed by atoms with Gasteiger partial charge in [-0.1, -0.05) is 26.8 Å². The number of carbonyl (C=O) groups excluding carboxylic acids is 1. The smallest absolute Gasteiger partial charge is 0.268 e. The van der Waals surface area contributed by atoms with Crippen molar-refractivity contribution >= 4 is 11.6 Å². The van der Waals surface area contributed by atoms with Crippen LogP contribution in [0.5, 0.6) is 5.75 Å². The zero-order valence-corrected chi connectivity index (χ0v) is 13.8.